The van der Waals surface area contributed by atoms with Crippen molar-refractivity contribution >= 4 is 21.9 Å². The zero-order chi connectivity index (χ0) is 20.3. The van der Waals surface area contributed by atoms with Gasteiger partial charge in [0.2, 0.25) is 10.0 Å². The molecule has 0 aliphatic heterocycles. The Morgan fingerprint density at radius 2 is 1.79 bits per heavy atom. The molecule has 0 bridgehead atoms. The van der Waals surface area contributed by atoms with Gasteiger partial charge < -0.3 is 9.64 Å². The molecule has 152 valence electrons. The van der Waals surface area contributed by atoms with Crippen molar-refractivity contribution in [2.45, 2.75) is 49.5 Å². The highest BCUT2D eigenvalue weighted by Gasteiger charge is 2.35. The van der Waals surface area contributed by atoms with Crippen LogP contribution in [-0.4, -0.2) is 56.2 Å². The molecule has 3 rings (SSSR count). The van der Waals surface area contributed by atoms with Crippen LogP contribution < -0.4 is 0 Å². The highest BCUT2D eigenvalue weighted by atomic mass is 32.2. The monoisotopic (exact) mass is 406 g/mol. The van der Waals surface area contributed by atoms with E-state index in [1.165, 1.54) is 38.4 Å². The number of esters is 1. The number of allylic oxidation sites excluding steroid dienone is 2. The van der Waals surface area contributed by atoms with Crippen LogP contribution in [0.2, 0.25) is 0 Å². The van der Waals surface area contributed by atoms with Gasteiger partial charge in [0.15, 0.2) is 6.61 Å². The van der Waals surface area contributed by atoms with Crippen molar-refractivity contribution in [2.75, 3.05) is 20.7 Å². The zero-order valence-electron chi connectivity index (χ0n) is 16.3. The molecule has 0 unspecified atom stereocenters. The molecule has 1 amide bonds. The fourth-order valence-corrected chi connectivity index (χ4v) is 4.13. The van der Waals surface area contributed by atoms with Crippen molar-refractivity contribution in [1.29, 1.82) is 0 Å². The number of rotatable bonds is 7. The van der Waals surface area contributed by atoms with E-state index >= 15 is 0 Å². The summed E-state index contributed by atoms with van der Waals surface area (Å²) in [5.41, 5.74) is 1.26. The van der Waals surface area contributed by atoms with E-state index in [1.54, 1.807) is 4.90 Å². The summed E-state index contributed by atoms with van der Waals surface area (Å²) in [7, 11) is -0.675. The topological polar surface area (TPSA) is 84.0 Å². The van der Waals surface area contributed by atoms with Gasteiger partial charge >= 0.3 is 5.97 Å². The Bertz CT molecular complexity index is 870. The summed E-state index contributed by atoms with van der Waals surface area (Å²) in [5, 5.41) is 0. The molecule has 0 N–H and O–H groups in total. The summed E-state index contributed by atoms with van der Waals surface area (Å²) in [5.74, 6) is -0.841. The fraction of sp³-hybridized carbons (Fsp3) is 0.500. The first-order valence-corrected chi connectivity index (χ1v) is 11.0. The van der Waals surface area contributed by atoms with Gasteiger partial charge in [-0.2, -0.15) is 0 Å². The van der Waals surface area contributed by atoms with Gasteiger partial charge in [0.25, 0.3) is 5.91 Å². The largest absolute Gasteiger partial charge is 0.452 e. The molecule has 1 saturated carbocycles. The number of hydrogen-bond acceptors (Lipinski definition) is 5. The highest BCUT2D eigenvalue weighted by Crippen LogP contribution is 2.33. The predicted molar refractivity (Wildman–Crippen MR) is 104 cm³/mol. The third kappa shape index (κ3) is 4.62. The Hall–Kier alpha value is -2.19. The lowest BCUT2D eigenvalue weighted by Gasteiger charge is -2.27. The molecular formula is C20H26N2O5S. The summed E-state index contributed by atoms with van der Waals surface area (Å²) < 4.78 is 30.5. The summed E-state index contributed by atoms with van der Waals surface area (Å²) in [6.07, 6.45) is 8.17. The summed E-state index contributed by atoms with van der Waals surface area (Å²) in [6, 6.07) is 5.73. The van der Waals surface area contributed by atoms with Crippen LogP contribution >= 0.6 is 0 Å². The standard InChI is InChI=1S/C20H26N2O5S/c1-21(2)28(25,26)18-12-8-15(9-13-18)20(24)27-14-19(23)22(17-10-11-17)16-6-4-3-5-7-16/h6,8-9,12-13,17H,3-5,7,10-11,14H2,1-2H3. The molecule has 0 saturated heterocycles. The third-order valence-electron chi connectivity index (χ3n) is 4.95. The fourth-order valence-electron chi connectivity index (χ4n) is 3.23. The molecule has 1 fully saturated rings. The molecule has 1 aromatic carbocycles. The quantitative estimate of drug-likeness (QED) is 0.650. The Balaban J connectivity index is 1.61. The van der Waals surface area contributed by atoms with E-state index in [0.717, 1.165) is 48.5 Å². The number of amides is 1. The molecular weight excluding hydrogens is 380 g/mol. The molecule has 0 atom stereocenters. The van der Waals surface area contributed by atoms with Gasteiger partial charge in [0.05, 0.1) is 10.5 Å². The number of sulfonamides is 1. The number of carbonyl (C=O) groups is 2. The average molecular weight is 407 g/mol. The molecule has 0 spiro atoms. The predicted octanol–water partition coefficient (Wildman–Crippen LogP) is 2.54. The molecule has 0 radical (unpaired) electrons. The smallest absolute Gasteiger partial charge is 0.338 e. The van der Waals surface area contributed by atoms with Gasteiger partial charge in [0, 0.05) is 25.8 Å². The van der Waals surface area contributed by atoms with Crippen LogP contribution in [0.1, 0.15) is 48.9 Å². The van der Waals surface area contributed by atoms with E-state index in [2.05, 4.69) is 6.08 Å². The maximum atomic E-state index is 12.6. The lowest BCUT2D eigenvalue weighted by Crippen LogP contribution is -2.36. The average Bonchev–Trinajstić information content (AvgIpc) is 3.52. The third-order valence-corrected chi connectivity index (χ3v) is 6.78. The first kappa shape index (κ1) is 20.5. The summed E-state index contributed by atoms with van der Waals surface area (Å²) in [6.45, 7) is -0.315. The van der Waals surface area contributed by atoms with Gasteiger partial charge in [-0.05, 0) is 62.8 Å². The number of hydrogen-bond donors (Lipinski definition) is 0. The summed E-state index contributed by atoms with van der Waals surface area (Å²) in [4.78, 5) is 26.8. The van der Waals surface area contributed by atoms with Gasteiger partial charge in [-0.15, -0.1) is 0 Å². The van der Waals surface area contributed by atoms with Gasteiger partial charge in [-0.1, -0.05) is 6.08 Å². The second-order valence-electron chi connectivity index (χ2n) is 7.32. The van der Waals surface area contributed by atoms with Crippen LogP contribution in [0.4, 0.5) is 0 Å². The SMILES string of the molecule is CN(C)S(=O)(=O)c1ccc(C(=O)OCC(=O)N(C2=CCCCC2)C2CC2)cc1. The second kappa shape index (κ2) is 8.45. The first-order valence-electron chi connectivity index (χ1n) is 9.51. The second-order valence-corrected chi connectivity index (χ2v) is 9.48. The lowest BCUT2D eigenvalue weighted by molar-refractivity contribution is -0.133. The Morgan fingerprint density at radius 3 is 2.32 bits per heavy atom. The molecule has 0 aromatic heterocycles. The van der Waals surface area contributed by atoms with Crippen LogP contribution in [0.25, 0.3) is 0 Å². The maximum absolute atomic E-state index is 12.6. The van der Waals surface area contributed by atoms with E-state index in [0.29, 0.717) is 0 Å². The van der Waals surface area contributed by atoms with E-state index in [1.807, 2.05) is 0 Å². The van der Waals surface area contributed by atoms with Crippen LogP contribution in [0.3, 0.4) is 0 Å². The minimum Gasteiger partial charge on any atom is -0.452 e. The molecule has 8 heteroatoms. The van der Waals surface area contributed by atoms with E-state index in [9.17, 15) is 18.0 Å². The van der Waals surface area contributed by atoms with E-state index < -0.39 is 16.0 Å². The Kier molecular flexibility index (Phi) is 6.20. The maximum Gasteiger partial charge on any atom is 0.338 e. The normalized spacial score (nSPS) is 17.2. The number of benzene rings is 1. The van der Waals surface area contributed by atoms with Crippen molar-refractivity contribution < 1.29 is 22.7 Å². The molecule has 2 aliphatic rings. The van der Waals surface area contributed by atoms with Gasteiger partial charge in [0.1, 0.15) is 0 Å². The van der Waals surface area contributed by atoms with Crippen LogP contribution in [0, 0.1) is 0 Å². The van der Waals surface area contributed by atoms with E-state index in [4.69, 9.17) is 4.74 Å². The van der Waals surface area contributed by atoms with Crippen molar-refractivity contribution in [1.82, 2.24) is 9.21 Å². The summed E-state index contributed by atoms with van der Waals surface area (Å²) >= 11 is 0. The van der Waals surface area contributed by atoms with Crippen LogP contribution in [0.5, 0.6) is 0 Å². The van der Waals surface area contributed by atoms with Crippen molar-refractivity contribution in [3.63, 3.8) is 0 Å². The first-order chi connectivity index (χ1) is 13.3. The van der Waals surface area contributed by atoms with E-state index in [-0.39, 0.29) is 29.0 Å². The Morgan fingerprint density at radius 1 is 1.11 bits per heavy atom. The molecule has 7 nitrogen and oxygen atoms in total. The van der Waals surface area contributed by atoms with Gasteiger partial charge in [-0.25, -0.2) is 17.5 Å². The lowest BCUT2D eigenvalue weighted by atomic mass is 10.0. The molecule has 1 aromatic rings. The van der Waals surface area contributed by atoms with Crippen LogP contribution in [-0.2, 0) is 19.6 Å². The highest BCUT2D eigenvalue weighted by molar-refractivity contribution is 7.89. The van der Waals surface area contributed by atoms with Gasteiger partial charge in [-0.3, -0.25) is 4.79 Å². The minimum absolute atomic E-state index is 0.0919. The molecule has 0 heterocycles. The number of nitrogens with zero attached hydrogens (tertiary/aromatic N) is 2. The minimum atomic E-state index is -3.56. The van der Waals surface area contributed by atoms with Crippen molar-refractivity contribution in [3.8, 4) is 0 Å². The van der Waals surface area contributed by atoms with Crippen molar-refractivity contribution in [2.24, 2.45) is 0 Å². The van der Waals surface area contributed by atoms with Crippen molar-refractivity contribution in [3.05, 3.63) is 41.6 Å². The zero-order valence-corrected chi connectivity index (χ0v) is 17.1. The van der Waals surface area contributed by atoms with Crippen LogP contribution in [0.15, 0.2) is 40.9 Å². The number of carbonyl (C=O) groups excluding carboxylic acids is 2. The molecule has 2 aliphatic carbocycles. The Labute approximate surface area is 166 Å². The number of ether oxygens (including phenoxy) is 1. The molecule has 28 heavy (non-hydrogen) atoms.